The molecule has 0 spiro atoms. The highest BCUT2D eigenvalue weighted by Crippen LogP contribution is 2.38. The van der Waals surface area contributed by atoms with Crippen LogP contribution in [0, 0.1) is 0 Å². The van der Waals surface area contributed by atoms with Crippen LogP contribution in [0.5, 0.6) is 0 Å². The van der Waals surface area contributed by atoms with Gasteiger partial charge in [-0.15, -0.1) is 11.3 Å². The first-order valence-electron chi connectivity index (χ1n) is 5.84. The smallest absolute Gasteiger partial charge is 0.0891 e. The SMILES string of the molecule is CC(C)(C)c1ccnc2c1sc1ccccc12. The van der Waals surface area contributed by atoms with Gasteiger partial charge in [-0.05, 0) is 23.1 Å². The second kappa shape index (κ2) is 3.54. The van der Waals surface area contributed by atoms with E-state index in [1.54, 1.807) is 0 Å². The lowest BCUT2D eigenvalue weighted by Gasteiger charge is -2.19. The maximum absolute atomic E-state index is 4.55. The molecule has 0 fully saturated rings. The van der Waals surface area contributed by atoms with E-state index >= 15 is 0 Å². The number of benzene rings is 1. The molecule has 1 nitrogen and oxygen atoms in total. The van der Waals surface area contributed by atoms with Crippen molar-refractivity contribution < 1.29 is 0 Å². The van der Waals surface area contributed by atoms with E-state index < -0.39 is 0 Å². The molecule has 0 N–H and O–H groups in total. The van der Waals surface area contributed by atoms with Crippen LogP contribution in [0.2, 0.25) is 0 Å². The molecule has 17 heavy (non-hydrogen) atoms. The second-order valence-electron chi connectivity index (χ2n) is 5.38. The summed E-state index contributed by atoms with van der Waals surface area (Å²) in [6.45, 7) is 6.77. The van der Waals surface area contributed by atoms with E-state index in [9.17, 15) is 0 Å². The van der Waals surface area contributed by atoms with Crippen LogP contribution < -0.4 is 0 Å². The molecule has 3 aromatic rings. The lowest BCUT2D eigenvalue weighted by Crippen LogP contribution is -2.11. The van der Waals surface area contributed by atoms with Crippen molar-refractivity contribution in [2.45, 2.75) is 26.2 Å². The van der Waals surface area contributed by atoms with E-state index in [4.69, 9.17) is 0 Å². The van der Waals surface area contributed by atoms with Gasteiger partial charge in [0.15, 0.2) is 0 Å². The monoisotopic (exact) mass is 241 g/mol. The number of hydrogen-bond acceptors (Lipinski definition) is 2. The van der Waals surface area contributed by atoms with E-state index in [1.807, 2.05) is 17.5 Å². The summed E-state index contributed by atoms with van der Waals surface area (Å²) in [5.41, 5.74) is 2.71. The quantitative estimate of drug-likeness (QED) is 0.553. The molecule has 1 aromatic carbocycles. The molecule has 2 heteroatoms. The topological polar surface area (TPSA) is 12.9 Å². The molecule has 0 amide bonds. The normalized spacial score (nSPS) is 12.4. The van der Waals surface area contributed by atoms with Crippen LogP contribution in [0.4, 0.5) is 0 Å². The summed E-state index contributed by atoms with van der Waals surface area (Å²) in [6.07, 6.45) is 1.93. The third kappa shape index (κ3) is 1.64. The van der Waals surface area contributed by atoms with Crippen molar-refractivity contribution in [2.24, 2.45) is 0 Å². The van der Waals surface area contributed by atoms with Crippen molar-refractivity contribution in [2.75, 3.05) is 0 Å². The van der Waals surface area contributed by atoms with Gasteiger partial charge in [0.2, 0.25) is 0 Å². The minimum absolute atomic E-state index is 0.169. The Labute approximate surface area is 105 Å². The molecular weight excluding hydrogens is 226 g/mol. The van der Waals surface area contributed by atoms with Gasteiger partial charge in [-0.3, -0.25) is 4.98 Å². The molecule has 0 saturated carbocycles. The van der Waals surface area contributed by atoms with Gasteiger partial charge in [-0.25, -0.2) is 0 Å². The molecule has 0 aliphatic heterocycles. The molecule has 0 aliphatic rings. The summed E-state index contributed by atoms with van der Waals surface area (Å²) in [6, 6.07) is 10.7. The van der Waals surface area contributed by atoms with Gasteiger partial charge < -0.3 is 0 Å². The fourth-order valence-corrected chi connectivity index (χ4v) is 3.58. The van der Waals surface area contributed by atoms with Crippen molar-refractivity contribution in [1.29, 1.82) is 0 Å². The van der Waals surface area contributed by atoms with Crippen LogP contribution in [-0.4, -0.2) is 4.98 Å². The first kappa shape index (κ1) is 10.7. The van der Waals surface area contributed by atoms with Crippen LogP contribution in [-0.2, 0) is 5.41 Å². The van der Waals surface area contributed by atoms with Crippen molar-refractivity contribution in [3.8, 4) is 0 Å². The number of thiophene rings is 1. The number of nitrogens with zero attached hydrogens (tertiary/aromatic N) is 1. The molecule has 3 rings (SSSR count). The lowest BCUT2D eigenvalue weighted by atomic mass is 9.87. The standard InChI is InChI=1S/C15H15NS/c1-15(2,3)11-8-9-16-13-10-6-4-5-7-12(10)17-14(11)13/h4-9H,1-3H3. The Balaban J connectivity index is 2.48. The van der Waals surface area contributed by atoms with Gasteiger partial charge in [-0.1, -0.05) is 39.0 Å². The maximum Gasteiger partial charge on any atom is 0.0891 e. The number of hydrogen-bond donors (Lipinski definition) is 0. The lowest BCUT2D eigenvalue weighted by molar-refractivity contribution is 0.596. The number of aromatic nitrogens is 1. The molecule has 86 valence electrons. The van der Waals surface area contributed by atoms with Gasteiger partial charge in [0.25, 0.3) is 0 Å². The summed E-state index contributed by atoms with van der Waals surface area (Å²) < 4.78 is 2.66. The Hall–Kier alpha value is -1.41. The van der Waals surface area contributed by atoms with E-state index in [1.165, 1.54) is 20.3 Å². The largest absolute Gasteiger partial charge is 0.255 e. The van der Waals surface area contributed by atoms with E-state index in [2.05, 4.69) is 56.1 Å². The summed E-state index contributed by atoms with van der Waals surface area (Å²) in [7, 11) is 0. The summed E-state index contributed by atoms with van der Waals surface area (Å²) >= 11 is 1.85. The average Bonchev–Trinajstić information content (AvgIpc) is 2.65. The Morgan fingerprint density at radius 3 is 2.59 bits per heavy atom. The van der Waals surface area contributed by atoms with Crippen molar-refractivity contribution in [3.63, 3.8) is 0 Å². The van der Waals surface area contributed by atoms with E-state index in [0.717, 1.165) is 5.52 Å². The Morgan fingerprint density at radius 1 is 1.06 bits per heavy atom. The highest BCUT2D eigenvalue weighted by atomic mass is 32.1. The molecule has 0 saturated heterocycles. The first-order chi connectivity index (χ1) is 8.07. The summed E-state index contributed by atoms with van der Waals surface area (Å²) in [4.78, 5) is 4.55. The summed E-state index contributed by atoms with van der Waals surface area (Å²) in [5, 5.41) is 1.28. The van der Waals surface area contributed by atoms with Crippen molar-refractivity contribution >= 4 is 31.6 Å². The molecule has 2 aromatic heterocycles. The van der Waals surface area contributed by atoms with Crippen molar-refractivity contribution in [3.05, 3.63) is 42.1 Å². The Morgan fingerprint density at radius 2 is 1.82 bits per heavy atom. The average molecular weight is 241 g/mol. The Kier molecular flexibility index (Phi) is 2.23. The molecule has 0 unspecified atom stereocenters. The van der Waals surface area contributed by atoms with Crippen LogP contribution in [0.25, 0.3) is 20.3 Å². The fourth-order valence-electron chi connectivity index (χ4n) is 2.20. The molecule has 2 heterocycles. The predicted molar refractivity (Wildman–Crippen MR) is 75.8 cm³/mol. The van der Waals surface area contributed by atoms with Crippen LogP contribution >= 0.6 is 11.3 Å². The van der Waals surface area contributed by atoms with Gasteiger partial charge in [0.05, 0.1) is 10.2 Å². The van der Waals surface area contributed by atoms with Crippen LogP contribution in [0.1, 0.15) is 26.3 Å². The fraction of sp³-hybridized carbons (Fsp3) is 0.267. The highest BCUT2D eigenvalue weighted by Gasteiger charge is 2.19. The third-order valence-electron chi connectivity index (χ3n) is 3.07. The minimum atomic E-state index is 0.169. The first-order valence-corrected chi connectivity index (χ1v) is 6.66. The second-order valence-corrected chi connectivity index (χ2v) is 6.44. The maximum atomic E-state index is 4.55. The zero-order chi connectivity index (χ0) is 12.0. The van der Waals surface area contributed by atoms with Gasteiger partial charge >= 0.3 is 0 Å². The highest BCUT2D eigenvalue weighted by molar-refractivity contribution is 7.26. The zero-order valence-electron chi connectivity index (χ0n) is 10.3. The van der Waals surface area contributed by atoms with E-state index in [0.29, 0.717) is 0 Å². The number of rotatable bonds is 0. The summed E-state index contributed by atoms with van der Waals surface area (Å²) in [5.74, 6) is 0. The number of pyridine rings is 1. The zero-order valence-corrected chi connectivity index (χ0v) is 11.1. The van der Waals surface area contributed by atoms with Crippen LogP contribution in [0.15, 0.2) is 36.5 Å². The predicted octanol–water partition coefficient (Wildman–Crippen LogP) is 4.75. The molecule has 0 atom stereocenters. The van der Waals surface area contributed by atoms with Crippen LogP contribution in [0.3, 0.4) is 0 Å². The van der Waals surface area contributed by atoms with Gasteiger partial charge in [-0.2, -0.15) is 0 Å². The van der Waals surface area contributed by atoms with Gasteiger partial charge in [0.1, 0.15) is 0 Å². The molecule has 0 bridgehead atoms. The third-order valence-corrected chi connectivity index (χ3v) is 4.26. The Bertz CT molecular complexity index is 689. The number of fused-ring (bicyclic) bond motifs is 3. The van der Waals surface area contributed by atoms with E-state index in [-0.39, 0.29) is 5.41 Å². The molecular formula is C15H15NS. The molecule has 0 radical (unpaired) electrons. The minimum Gasteiger partial charge on any atom is -0.255 e. The molecule has 0 aliphatic carbocycles. The van der Waals surface area contributed by atoms with Gasteiger partial charge in [0, 0.05) is 16.3 Å². The van der Waals surface area contributed by atoms with Crippen molar-refractivity contribution in [1.82, 2.24) is 4.98 Å².